The highest BCUT2D eigenvalue weighted by molar-refractivity contribution is 5.00. The number of rotatable bonds is 4. The second-order valence-corrected chi connectivity index (χ2v) is 4.12. The van der Waals surface area contributed by atoms with E-state index in [0.29, 0.717) is 0 Å². The number of aliphatic hydroxyl groups is 1. The zero-order valence-corrected chi connectivity index (χ0v) is 9.19. The summed E-state index contributed by atoms with van der Waals surface area (Å²) in [5.41, 5.74) is 1.19. The minimum absolute atomic E-state index is 0.164. The maximum Gasteiger partial charge on any atom is 0.0693 e. The molecule has 1 aromatic heterocycles. The van der Waals surface area contributed by atoms with Gasteiger partial charge >= 0.3 is 0 Å². The van der Waals surface area contributed by atoms with Crippen molar-refractivity contribution in [3.05, 3.63) is 18.0 Å². The van der Waals surface area contributed by atoms with Crippen LogP contribution in [-0.4, -0.2) is 27.0 Å². The van der Waals surface area contributed by atoms with E-state index in [4.69, 9.17) is 0 Å². The fourth-order valence-corrected chi connectivity index (χ4v) is 2.21. The molecule has 1 heterocycles. The van der Waals surface area contributed by atoms with E-state index in [0.717, 1.165) is 32.4 Å². The van der Waals surface area contributed by atoms with E-state index in [1.807, 2.05) is 16.9 Å². The Bertz CT molecular complexity index is 311. The van der Waals surface area contributed by atoms with Crippen LogP contribution in [0.5, 0.6) is 0 Å². The first-order chi connectivity index (χ1) is 7.31. The highest BCUT2D eigenvalue weighted by Crippen LogP contribution is 2.19. The van der Waals surface area contributed by atoms with Gasteiger partial charge in [-0.25, -0.2) is 0 Å². The molecule has 1 aliphatic rings. The molecule has 0 aliphatic heterocycles. The molecule has 0 saturated heterocycles. The Morgan fingerprint density at radius 2 is 2.47 bits per heavy atom. The van der Waals surface area contributed by atoms with Gasteiger partial charge in [-0.05, 0) is 32.3 Å². The van der Waals surface area contributed by atoms with Crippen LogP contribution in [-0.2, 0) is 13.1 Å². The average Bonchev–Trinajstić information content (AvgIpc) is 2.83. The van der Waals surface area contributed by atoms with Crippen molar-refractivity contribution in [2.45, 2.75) is 51.4 Å². The summed E-state index contributed by atoms with van der Waals surface area (Å²) in [6, 6.07) is 2.29. The number of hydrogen-bond acceptors (Lipinski definition) is 3. The van der Waals surface area contributed by atoms with E-state index in [1.165, 1.54) is 5.69 Å². The van der Waals surface area contributed by atoms with Gasteiger partial charge in [0.05, 0.1) is 11.8 Å². The number of aromatic nitrogens is 2. The highest BCUT2D eigenvalue weighted by atomic mass is 16.3. The third kappa shape index (κ3) is 2.38. The standard InChI is InChI=1S/C11H19N3O/c1-2-14-9(6-7-13-14)8-12-10-4-3-5-11(10)15/h6-7,10-12,15H,2-5,8H2,1H3. The second kappa shape index (κ2) is 4.77. The van der Waals surface area contributed by atoms with E-state index >= 15 is 0 Å². The van der Waals surface area contributed by atoms with Crippen molar-refractivity contribution in [2.75, 3.05) is 0 Å². The third-order valence-electron chi connectivity index (χ3n) is 3.13. The zero-order chi connectivity index (χ0) is 10.7. The Balaban J connectivity index is 1.87. The summed E-state index contributed by atoms with van der Waals surface area (Å²) < 4.78 is 1.98. The first kappa shape index (κ1) is 10.6. The quantitative estimate of drug-likeness (QED) is 0.775. The number of nitrogens with one attached hydrogen (secondary N) is 1. The molecule has 84 valence electrons. The Kier molecular flexibility index (Phi) is 3.38. The molecule has 1 fully saturated rings. The molecule has 2 unspecified atom stereocenters. The van der Waals surface area contributed by atoms with Gasteiger partial charge in [0.2, 0.25) is 0 Å². The number of aliphatic hydroxyl groups excluding tert-OH is 1. The SMILES string of the molecule is CCn1nccc1CNC1CCCC1O. The predicted molar refractivity (Wildman–Crippen MR) is 58.4 cm³/mol. The molecular formula is C11H19N3O. The first-order valence-electron chi connectivity index (χ1n) is 5.73. The lowest BCUT2D eigenvalue weighted by molar-refractivity contribution is 0.148. The average molecular weight is 209 g/mol. The molecule has 4 nitrogen and oxygen atoms in total. The summed E-state index contributed by atoms with van der Waals surface area (Å²) in [6.07, 6.45) is 4.81. The van der Waals surface area contributed by atoms with Crippen LogP contribution in [0.15, 0.2) is 12.3 Å². The molecular weight excluding hydrogens is 190 g/mol. The lowest BCUT2D eigenvalue weighted by atomic mass is 10.2. The van der Waals surface area contributed by atoms with E-state index in [2.05, 4.69) is 17.3 Å². The van der Waals surface area contributed by atoms with Crippen LogP contribution in [0.25, 0.3) is 0 Å². The molecule has 1 saturated carbocycles. The summed E-state index contributed by atoms with van der Waals surface area (Å²) >= 11 is 0. The maximum absolute atomic E-state index is 9.66. The molecule has 2 N–H and O–H groups in total. The zero-order valence-electron chi connectivity index (χ0n) is 9.19. The van der Waals surface area contributed by atoms with Crippen LogP contribution >= 0.6 is 0 Å². The van der Waals surface area contributed by atoms with Crippen molar-refractivity contribution >= 4 is 0 Å². The maximum atomic E-state index is 9.66. The topological polar surface area (TPSA) is 50.1 Å². The van der Waals surface area contributed by atoms with Gasteiger partial charge in [-0.1, -0.05) is 0 Å². The van der Waals surface area contributed by atoms with Crippen molar-refractivity contribution < 1.29 is 5.11 Å². The number of hydrogen-bond donors (Lipinski definition) is 2. The summed E-state index contributed by atoms with van der Waals surface area (Å²) in [4.78, 5) is 0. The van der Waals surface area contributed by atoms with Crippen LogP contribution in [0.3, 0.4) is 0 Å². The molecule has 1 aromatic rings. The van der Waals surface area contributed by atoms with Gasteiger partial charge in [0, 0.05) is 25.3 Å². The van der Waals surface area contributed by atoms with Gasteiger partial charge in [0.1, 0.15) is 0 Å². The number of aryl methyl sites for hydroxylation is 1. The molecule has 2 atom stereocenters. The molecule has 4 heteroatoms. The largest absolute Gasteiger partial charge is 0.392 e. The minimum Gasteiger partial charge on any atom is -0.392 e. The van der Waals surface area contributed by atoms with Crippen molar-refractivity contribution in [2.24, 2.45) is 0 Å². The lowest BCUT2D eigenvalue weighted by Crippen LogP contribution is -2.35. The van der Waals surface area contributed by atoms with Crippen LogP contribution in [0.1, 0.15) is 31.9 Å². The highest BCUT2D eigenvalue weighted by Gasteiger charge is 2.24. The van der Waals surface area contributed by atoms with E-state index in [-0.39, 0.29) is 12.1 Å². The summed E-state index contributed by atoms with van der Waals surface area (Å²) in [5, 5.41) is 17.3. The van der Waals surface area contributed by atoms with E-state index in [1.54, 1.807) is 0 Å². The fourth-order valence-electron chi connectivity index (χ4n) is 2.21. The predicted octanol–water partition coefficient (Wildman–Crippen LogP) is 0.906. The van der Waals surface area contributed by atoms with Crippen molar-refractivity contribution in [1.82, 2.24) is 15.1 Å². The van der Waals surface area contributed by atoms with Crippen LogP contribution in [0, 0.1) is 0 Å². The molecule has 0 spiro atoms. The third-order valence-corrected chi connectivity index (χ3v) is 3.13. The minimum atomic E-state index is -0.164. The second-order valence-electron chi connectivity index (χ2n) is 4.12. The normalized spacial score (nSPS) is 26.0. The van der Waals surface area contributed by atoms with Gasteiger partial charge in [-0.2, -0.15) is 5.10 Å². The summed E-state index contributed by atoms with van der Waals surface area (Å²) in [5.74, 6) is 0. The van der Waals surface area contributed by atoms with Gasteiger partial charge in [0.15, 0.2) is 0 Å². The molecule has 0 radical (unpaired) electrons. The van der Waals surface area contributed by atoms with E-state index in [9.17, 15) is 5.11 Å². The first-order valence-corrected chi connectivity index (χ1v) is 5.73. The summed E-state index contributed by atoms with van der Waals surface area (Å²) in [6.45, 7) is 3.79. The Labute approximate surface area is 90.3 Å². The van der Waals surface area contributed by atoms with Crippen molar-refractivity contribution in [3.63, 3.8) is 0 Å². The van der Waals surface area contributed by atoms with Gasteiger partial charge in [-0.15, -0.1) is 0 Å². The lowest BCUT2D eigenvalue weighted by Gasteiger charge is -2.16. The number of nitrogens with zero attached hydrogens (tertiary/aromatic N) is 2. The molecule has 0 aromatic carbocycles. The van der Waals surface area contributed by atoms with Gasteiger partial charge in [0.25, 0.3) is 0 Å². The van der Waals surface area contributed by atoms with Crippen LogP contribution in [0.4, 0.5) is 0 Å². The Hall–Kier alpha value is -0.870. The van der Waals surface area contributed by atoms with E-state index < -0.39 is 0 Å². The van der Waals surface area contributed by atoms with Crippen LogP contribution in [0.2, 0.25) is 0 Å². The molecule has 1 aliphatic carbocycles. The molecule has 2 rings (SSSR count). The molecule has 0 amide bonds. The fraction of sp³-hybridized carbons (Fsp3) is 0.727. The molecule has 15 heavy (non-hydrogen) atoms. The van der Waals surface area contributed by atoms with Gasteiger partial charge in [-0.3, -0.25) is 4.68 Å². The molecule has 0 bridgehead atoms. The monoisotopic (exact) mass is 209 g/mol. The Morgan fingerprint density at radius 1 is 1.60 bits per heavy atom. The smallest absolute Gasteiger partial charge is 0.0693 e. The van der Waals surface area contributed by atoms with Gasteiger partial charge < -0.3 is 10.4 Å². The Morgan fingerprint density at radius 3 is 3.13 bits per heavy atom. The van der Waals surface area contributed by atoms with Crippen molar-refractivity contribution in [3.8, 4) is 0 Å². The van der Waals surface area contributed by atoms with Crippen LogP contribution < -0.4 is 5.32 Å². The van der Waals surface area contributed by atoms with Crippen molar-refractivity contribution in [1.29, 1.82) is 0 Å². The summed E-state index contributed by atoms with van der Waals surface area (Å²) in [7, 11) is 0.